The maximum Gasteiger partial charge on any atom is 0.0486 e. The lowest BCUT2D eigenvalue weighted by molar-refractivity contribution is 0.795. The minimum Gasteiger partial charge on any atom is -0.343 e. The monoisotopic (exact) mass is 278 g/mol. The minimum atomic E-state index is 0.905. The van der Waals surface area contributed by atoms with Crippen LogP contribution in [0.4, 0.5) is 0 Å². The second-order valence-corrected chi connectivity index (χ2v) is 5.50. The summed E-state index contributed by atoms with van der Waals surface area (Å²) in [6, 6.07) is 17.6. The molecule has 0 unspecified atom stereocenters. The Morgan fingerprint density at radius 3 is 2.38 bits per heavy atom. The number of rotatable bonds is 5. The van der Waals surface area contributed by atoms with Crippen molar-refractivity contribution in [3.63, 3.8) is 0 Å². The van der Waals surface area contributed by atoms with Gasteiger partial charge in [0.25, 0.3) is 0 Å². The van der Waals surface area contributed by atoms with Gasteiger partial charge in [0.15, 0.2) is 0 Å². The van der Waals surface area contributed by atoms with Gasteiger partial charge >= 0.3 is 0 Å². The Bertz CT molecular complexity index is 723. The lowest BCUT2D eigenvalue weighted by atomic mass is 10.1. The molecule has 2 heteroatoms. The summed E-state index contributed by atoms with van der Waals surface area (Å²) in [7, 11) is 2.00. The molecule has 0 spiro atoms. The van der Waals surface area contributed by atoms with Crippen molar-refractivity contribution in [2.75, 3.05) is 7.05 Å². The molecule has 2 aromatic carbocycles. The summed E-state index contributed by atoms with van der Waals surface area (Å²) in [5.74, 6) is 0. The average molecular weight is 278 g/mol. The van der Waals surface area contributed by atoms with Crippen LogP contribution in [0, 0.1) is 0 Å². The van der Waals surface area contributed by atoms with Gasteiger partial charge in [-0.1, -0.05) is 49.4 Å². The van der Waals surface area contributed by atoms with Gasteiger partial charge in [-0.2, -0.15) is 0 Å². The fourth-order valence-corrected chi connectivity index (χ4v) is 2.86. The molecule has 0 aliphatic rings. The molecule has 3 aromatic rings. The van der Waals surface area contributed by atoms with Crippen LogP contribution in [0.2, 0.25) is 0 Å². The van der Waals surface area contributed by atoms with Crippen LogP contribution in [0.25, 0.3) is 10.9 Å². The van der Waals surface area contributed by atoms with E-state index in [0.29, 0.717) is 0 Å². The summed E-state index contributed by atoms with van der Waals surface area (Å²) in [5, 5.41) is 4.60. The van der Waals surface area contributed by atoms with Crippen LogP contribution in [0.15, 0.2) is 54.7 Å². The first-order valence-electron chi connectivity index (χ1n) is 7.61. The molecule has 2 nitrogen and oxygen atoms in total. The Kier molecular flexibility index (Phi) is 4.07. The van der Waals surface area contributed by atoms with Crippen molar-refractivity contribution in [3.05, 3.63) is 71.4 Å². The van der Waals surface area contributed by atoms with Crippen molar-refractivity contribution < 1.29 is 0 Å². The molecular formula is C19H22N2. The molecule has 21 heavy (non-hydrogen) atoms. The van der Waals surface area contributed by atoms with Gasteiger partial charge in [-0.3, -0.25) is 0 Å². The smallest absolute Gasteiger partial charge is 0.0486 e. The molecule has 0 fully saturated rings. The highest BCUT2D eigenvalue weighted by Gasteiger charge is 2.07. The molecule has 3 rings (SSSR count). The van der Waals surface area contributed by atoms with Gasteiger partial charge < -0.3 is 9.88 Å². The van der Waals surface area contributed by atoms with Crippen LogP contribution in [0.1, 0.15) is 23.6 Å². The van der Waals surface area contributed by atoms with E-state index in [2.05, 4.69) is 71.5 Å². The van der Waals surface area contributed by atoms with Gasteiger partial charge in [-0.05, 0) is 36.2 Å². The van der Waals surface area contributed by atoms with Crippen molar-refractivity contribution in [1.82, 2.24) is 9.88 Å². The van der Waals surface area contributed by atoms with Gasteiger partial charge in [0.2, 0.25) is 0 Å². The van der Waals surface area contributed by atoms with E-state index < -0.39 is 0 Å². The van der Waals surface area contributed by atoms with Gasteiger partial charge in [-0.25, -0.2) is 0 Å². The number of fused-ring (bicyclic) bond motifs is 1. The van der Waals surface area contributed by atoms with Gasteiger partial charge in [-0.15, -0.1) is 0 Å². The predicted molar refractivity (Wildman–Crippen MR) is 89.6 cm³/mol. The highest BCUT2D eigenvalue weighted by Crippen LogP contribution is 2.22. The zero-order valence-electron chi connectivity index (χ0n) is 12.8. The second-order valence-electron chi connectivity index (χ2n) is 5.50. The molecule has 1 aromatic heterocycles. The summed E-state index contributed by atoms with van der Waals surface area (Å²) in [6.45, 7) is 4.02. The normalized spacial score (nSPS) is 11.1. The summed E-state index contributed by atoms with van der Waals surface area (Å²) < 4.78 is 2.35. The fourth-order valence-electron chi connectivity index (χ4n) is 2.86. The van der Waals surface area contributed by atoms with E-state index in [9.17, 15) is 0 Å². The van der Waals surface area contributed by atoms with Crippen LogP contribution in [0.3, 0.4) is 0 Å². The molecule has 0 bridgehead atoms. The minimum absolute atomic E-state index is 0.905. The number of hydrogen-bond acceptors (Lipinski definition) is 1. The third-order valence-electron chi connectivity index (χ3n) is 4.02. The largest absolute Gasteiger partial charge is 0.343 e. The number of aromatic nitrogens is 1. The summed E-state index contributed by atoms with van der Waals surface area (Å²) in [5.41, 5.74) is 5.41. The van der Waals surface area contributed by atoms with E-state index in [-0.39, 0.29) is 0 Å². The van der Waals surface area contributed by atoms with Crippen LogP contribution < -0.4 is 5.32 Å². The molecule has 0 saturated carbocycles. The maximum absolute atomic E-state index is 3.26. The standard InChI is InChI=1S/C19H22N2/c1-3-15-8-10-16(11-9-15)13-21-14-17(12-20-2)18-6-4-5-7-19(18)21/h4-11,14,20H,3,12-13H2,1-2H3. The number of nitrogens with one attached hydrogen (secondary N) is 1. The lowest BCUT2D eigenvalue weighted by Gasteiger charge is -2.06. The third kappa shape index (κ3) is 2.86. The molecule has 0 radical (unpaired) electrons. The average Bonchev–Trinajstić information content (AvgIpc) is 2.87. The topological polar surface area (TPSA) is 17.0 Å². The molecule has 108 valence electrons. The van der Waals surface area contributed by atoms with Crippen molar-refractivity contribution in [1.29, 1.82) is 0 Å². The second kappa shape index (κ2) is 6.15. The number of nitrogens with zero attached hydrogens (tertiary/aromatic N) is 1. The molecule has 0 aliphatic heterocycles. The van der Waals surface area contributed by atoms with E-state index >= 15 is 0 Å². The Labute approximate surface area is 126 Å². The number of benzene rings is 2. The lowest BCUT2D eigenvalue weighted by Crippen LogP contribution is -2.04. The van der Waals surface area contributed by atoms with Crippen molar-refractivity contribution in [3.8, 4) is 0 Å². The summed E-state index contributed by atoms with van der Waals surface area (Å²) in [4.78, 5) is 0. The first-order valence-corrected chi connectivity index (χ1v) is 7.61. The highest BCUT2D eigenvalue weighted by atomic mass is 15.0. The zero-order chi connectivity index (χ0) is 14.7. The Balaban J connectivity index is 1.95. The Hall–Kier alpha value is -2.06. The zero-order valence-corrected chi connectivity index (χ0v) is 12.8. The van der Waals surface area contributed by atoms with Crippen molar-refractivity contribution in [2.45, 2.75) is 26.4 Å². The molecule has 0 amide bonds. The van der Waals surface area contributed by atoms with E-state index in [1.165, 1.54) is 27.6 Å². The van der Waals surface area contributed by atoms with E-state index in [4.69, 9.17) is 0 Å². The number of para-hydroxylation sites is 1. The van der Waals surface area contributed by atoms with Gasteiger partial charge in [0.1, 0.15) is 0 Å². The maximum atomic E-state index is 3.26. The first-order chi connectivity index (χ1) is 10.3. The quantitative estimate of drug-likeness (QED) is 0.747. The van der Waals surface area contributed by atoms with Gasteiger partial charge in [0.05, 0.1) is 0 Å². The predicted octanol–water partition coefficient (Wildman–Crippen LogP) is 3.97. The van der Waals surface area contributed by atoms with E-state index in [1.54, 1.807) is 0 Å². The Morgan fingerprint density at radius 1 is 0.952 bits per heavy atom. The van der Waals surface area contributed by atoms with Crippen molar-refractivity contribution >= 4 is 10.9 Å². The van der Waals surface area contributed by atoms with Crippen LogP contribution in [-0.2, 0) is 19.5 Å². The molecular weight excluding hydrogens is 256 g/mol. The number of hydrogen-bond donors (Lipinski definition) is 1. The third-order valence-corrected chi connectivity index (χ3v) is 4.02. The molecule has 0 atom stereocenters. The van der Waals surface area contributed by atoms with Gasteiger partial charge in [0, 0.05) is 30.2 Å². The molecule has 1 heterocycles. The Morgan fingerprint density at radius 2 is 1.67 bits per heavy atom. The summed E-state index contributed by atoms with van der Waals surface area (Å²) in [6.07, 6.45) is 3.37. The molecule has 0 saturated heterocycles. The fraction of sp³-hybridized carbons (Fsp3) is 0.263. The van der Waals surface area contributed by atoms with Crippen molar-refractivity contribution in [2.24, 2.45) is 0 Å². The van der Waals surface area contributed by atoms with E-state index in [0.717, 1.165) is 19.5 Å². The summed E-state index contributed by atoms with van der Waals surface area (Å²) >= 11 is 0. The molecule has 0 aliphatic carbocycles. The van der Waals surface area contributed by atoms with E-state index in [1.807, 2.05) is 7.05 Å². The van der Waals surface area contributed by atoms with Crippen LogP contribution >= 0.6 is 0 Å². The van der Waals surface area contributed by atoms with Crippen LogP contribution in [-0.4, -0.2) is 11.6 Å². The molecule has 1 N–H and O–H groups in total. The number of aryl methyl sites for hydroxylation is 1. The first kappa shape index (κ1) is 13.9. The van der Waals surface area contributed by atoms with Crippen LogP contribution in [0.5, 0.6) is 0 Å². The SMILES string of the molecule is CCc1ccc(Cn2cc(CNC)c3ccccc32)cc1. The highest BCUT2D eigenvalue weighted by molar-refractivity contribution is 5.84.